The summed E-state index contributed by atoms with van der Waals surface area (Å²) in [5.41, 5.74) is 3.17. The number of hydrogen-bond acceptors (Lipinski definition) is 4. The number of hydrogen-bond donors (Lipinski definition) is 0. The number of methoxy groups -OCH3 is 1. The van der Waals surface area contributed by atoms with Crippen LogP contribution in [0.25, 0.3) is 0 Å². The van der Waals surface area contributed by atoms with E-state index >= 15 is 0 Å². The molecule has 0 unspecified atom stereocenters. The quantitative estimate of drug-likeness (QED) is 0.763. The van der Waals surface area contributed by atoms with Gasteiger partial charge < -0.3 is 19.4 Å². The van der Waals surface area contributed by atoms with E-state index in [0.717, 1.165) is 35.8 Å². The molecule has 0 aromatic heterocycles. The molecule has 2 aromatic carbocycles. The van der Waals surface area contributed by atoms with Crippen molar-refractivity contribution >= 4 is 23.3 Å². The number of ether oxygens (including phenoxy) is 1. The maximum Gasteiger partial charge on any atom is 0.325 e. The Morgan fingerprint density at radius 1 is 0.867 bits per heavy atom. The first-order chi connectivity index (χ1) is 14.5. The van der Waals surface area contributed by atoms with Crippen LogP contribution in [0.2, 0.25) is 0 Å². The average molecular weight is 409 g/mol. The van der Waals surface area contributed by atoms with Crippen LogP contribution in [0.1, 0.15) is 5.56 Å². The van der Waals surface area contributed by atoms with E-state index in [-0.39, 0.29) is 18.5 Å². The molecule has 0 spiro atoms. The Bertz CT molecular complexity index is 890. The molecule has 2 aliphatic heterocycles. The van der Waals surface area contributed by atoms with Gasteiger partial charge in [-0.05, 0) is 43.3 Å². The van der Waals surface area contributed by atoms with Gasteiger partial charge in [0, 0.05) is 50.6 Å². The molecule has 0 radical (unpaired) electrons. The third-order valence-electron chi connectivity index (χ3n) is 5.84. The number of anilines is 2. The number of benzene rings is 2. The summed E-state index contributed by atoms with van der Waals surface area (Å²) < 4.78 is 5.21. The molecule has 3 amide bonds. The highest BCUT2D eigenvalue weighted by atomic mass is 16.5. The summed E-state index contributed by atoms with van der Waals surface area (Å²) in [6, 6.07) is 15.8. The molecule has 0 atom stereocenters. The van der Waals surface area contributed by atoms with Crippen molar-refractivity contribution in [3.05, 3.63) is 54.1 Å². The van der Waals surface area contributed by atoms with Crippen molar-refractivity contribution in [1.82, 2.24) is 9.80 Å². The van der Waals surface area contributed by atoms with Crippen molar-refractivity contribution in [1.29, 1.82) is 0 Å². The van der Waals surface area contributed by atoms with E-state index in [9.17, 15) is 9.59 Å². The first-order valence-corrected chi connectivity index (χ1v) is 10.3. The van der Waals surface area contributed by atoms with Gasteiger partial charge in [0.05, 0.1) is 7.11 Å². The molecule has 2 aliphatic rings. The Morgan fingerprint density at radius 2 is 1.50 bits per heavy atom. The van der Waals surface area contributed by atoms with Gasteiger partial charge in [-0.25, -0.2) is 4.79 Å². The molecular weight excluding hydrogens is 380 g/mol. The molecule has 158 valence electrons. The lowest BCUT2D eigenvalue weighted by molar-refractivity contribution is -0.131. The average Bonchev–Trinajstić information content (AvgIpc) is 3.14. The molecule has 2 saturated heterocycles. The summed E-state index contributed by atoms with van der Waals surface area (Å²) in [4.78, 5) is 33.1. The van der Waals surface area contributed by atoms with Gasteiger partial charge in [-0.15, -0.1) is 0 Å². The largest absolute Gasteiger partial charge is 0.497 e. The summed E-state index contributed by atoms with van der Waals surface area (Å²) in [5.74, 6) is 0.853. The van der Waals surface area contributed by atoms with E-state index in [1.165, 1.54) is 0 Å². The fourth-order valence-electron chi connectivity index (χ4n) is 3.96. The number of nitrogens with zero attached hydrogens (tertiary/aromatic N) is 4. The Morgan fingerprint density at radius 3 is 2.13 bits per heavy atom. The minimum atomic E-state index is -0.0935. The van der Waals surface area contributed by atoms with Crippen LogP contribution in [0.3, 0.4) is 0 Å². The number of aryl methyl sites for hydroxylation is 1. The van der Waals surface area contributed by atoms with Gasteiger partial charge in [0.15, 0.2) is 0 Å². The van der Waals surface area contributed by atoms with Crippen molar-refractivity contribution in [2.45, 2.75) is 6.92 Å². The third-order valence-corrected chi connectivity index (χ3v) is 5.84. The smallest absolute Gasteiger partial charge is 0.325 e. The number of rotatable bonds is 5. The zero-order chi connectivity index (χ0) is 21.1. The molecular formula is C23H28N4O3. The third kappa shape index (κ3) is 4.20. The minimum absolute atomic E-state index is 0.0171. The summed E-state index contributed by atoms with van der Waals surface area (Å²) in [6.07, 6.45) is 0. The number of carbonyl (C=O) groups excluding carboxylic acids is 2. The molecule has 0 aliphatic carbocycles. The lowest BCUT2D eigenvalue weighted by Crippen LogP contribution is -2.51. The normalized spacial score (nSPS) is 16.9. The van der Waals surface area contributed by atoms with E-state index in [4.69, 9.17) is 4.74 Å². The summed E-state index contributed by atoms with van der Waals surface area (Å²) in [5, 5.41) is 0. The topological polar surface area (TPSA) is 56.3 Å². The fraction of sp³-hybridized carbons (Fsp3) is 0.391. The van der Waals surface area contributed by atoms with Crippen molar-refractivity contribution in [2.75, 3.05) is 62.7 Å². The highest BCUT2D eigenvalue weighted by Crippen LogP contribution is 2.22. The molecule has 2 heterocycles. The monoisotopic (exact) mass is 408 g/mol. The summed E-state index contributed by atoms with van der Waals surface area (Å²) in [7, 11) is 1.66. The second kappa shape index (κ2) is 8.65. The Balaban J connectivity index is 1.29. The second-order valence-corrected chi connectivity index (χ2v) is 7.76. The highest BCUT2D eigenvalue weighted by molar-refractivity contribution is 5.96. The highest BCUT2D eigenvalue weighted by Gasteiger charge is 2.32. The van der Waals surface area contributed by atoms with Crippen LogP contribution in [-0.2, 0) is 4.79 Å². The van der Waals surface area contributed by atoms with E-state index in [1.807, 2.05) is 60.4 Å². The molecule has 0 saturated carbocycles. The second-order valence-electron chi connectivity index (χ2n) is 7.76. The SMILES string of the molecule is COc1ccc(N2CCN(C(=O)CN3CCN(c4ccc(C)cc4)C3=O)CC2)cc1. The number of carbonyl (C=O) groups is 2. The first-order valence-electron chi connectivity index (χ1n) is 10.3. The van der Waals surface area contributed by atoms with Crippen LogP contribution >= 0.6 is 0 Å². The Kier molecular flexibility index (Phi) is 5.79. The zero-order valence-corrected chi connectivity index (χ0v) is 17.6. The van der Waals surface area contributed by atoms with Crippen molar-refractivity contribution < 1.29 is 14.3 Å². The first kappa shape index (κ1) is 20.1. The molecule has 7 heteroatoms. The van der Waals surface area contributed by atoms with Crippen LogP contribution in [-0.4, -0.2) is 74.7 Å². The number of piperazine rings is 1. The van der Waals surface area contributed by atoms with Gasteiger partial charge in [0.2, 0.25) is 5.91 Å². The zero-order valence-electron chi connectivity index (χ0n) is 17.6. The minimum Gasteiger partial charge on any atom is -0.497 e. The summed E-state index contributed by atoms with van der Waals surface area (Å²) >= 11 is 0. The van der Waals surface area contributed by atoms with E-state index < -0.39 is 0 Å². The predicted molar refractivity (Wildman–Crippen MR) is 117 cm³/mol. The van der Waals surface area contributed by atoms with Crippen molar-refractivity contribution in [3.8, 4) is 5.75 Å². The van der Waals surface area contributed by atoms with Crippen LogP contribution in [0.5, 0.6) is 5.75 Å². The maximum absolute atomic E-state index is 12.8. The standard InChI is InChI=1S/C23H28N4O3/c1-18-3-5-20(6-4-18)27-16-15-26(23(27)29)17-22(28)25-13-11-24(12-14-25)19-7-9-21(30-2)10-8-19/h3-10H,11-17H2,1-2H3. The van der Waals surface area contributed by atoms with Crippen LogP contribution in [0, 0.1) is 6.92 Å². The molecule has 30 heavy (non-hydrogen) atoms. The lowest BCUT2D eigenvalue weighted by Gasteiger charge is -2.36. The number of urea groups is 1. The van der Waals surface area contributed by atoms with Crippen LogP contribution < -0.4 is 14.5 Å². The lowest BCUT2D eigenvalue weighted by atomic mass is 10.2. The van der Waals surface area contributed by atoms with Gasteiger partial charge >= 0.3 is 6.03 Å². The molecule has 2 aromatic rings. The van der Waals surface area contributed by atoms with E-state index in [2.05, 4.69) is 4.90 Å². The van der Waals surface area contributed by atoms with Gasteiger partial charge in [-0.3, -0.25) is 9.69 Å². The van der Waals surface area contributed by atoms with Gasteiger partial charge in [-0.1, -0.05) is 17.7 Å². The Labute approximate surface area is 177 Å². The fourth-order valence-corrected chi connectivity index (χ4v) is 3.96. The molecule has 0 bridgehead atoms. The molecule has 0 N–H and O–H groups in total. The van der Waals surface area contributed by atoms with Crippen molar-refractivity contribution in [3.63, 3.8) is 0 Å². The molecule has 2 fully saturated rings. The van der Waals surface area contributed by atoms with E-state index in [1.54, 1.807) is 16.9 Å². The number of amides is 3. The molecule has 7 nitrogen and oxygen atoms in total. The molecule has 4 rings (SSSR count). The predicted octanol–water partition coefficient (Wildman–Crippen LogP) is 2.59. The summed E-state index contributed by atoms with van der Waals surface area (Å²) in [6.45, 7) is 6.23. The van der Waals surface area contributed by atoms with Gasteiger partial charge in [0.1, 0.15) is 12.3 Å². The van der Waals surface area contributed by atoms with Gasteiger partial charge in [0.25, 0.3) is 0 Å². The Hall–Kier alpha value is -3.22. The van der Waals surface area contributed by atoms with E-state index in [0.29, 0.717) is 26.2 Å². The van der Waals surface area contributed by atoms with Crippen molar-refractivity contribution in [2.24, 2.45) is 0 Å². The van der Waals surface area contributed by atoms with Crippen LogP contribution in [0.4, 0.5) is 16.2 Å². The van der Waals surface area contributed by atoms with Gasteiger partial charge in [-0.2, -0.15) is 0 Å². The van der Waals surface area contributed by atoms with Crippen LogP contribution in [0.15, 0.2) is 48.5 Å². The maximum atomic E-state index is 12.8.